The Balaban J connectivity index is 1.40. The highest BCUT2D eigenvalue weighted by Crippen LogP contribution is 2.55. The van der Waals surface area contributed by atoms with Gasteiger partial charge >= 0.3 is 0 Å². The lowest BCUT2D eigenvalue weighted by molar-refractivity contribution is -0.137. The van der Waals surface area contributed by atoms with Crippen LogP contribution < -0.4 is 0 Å². The predicted molar refractivity (Wildman–Crippen MR) is 60.4 cm³/mol. The fraction of sp³-hybridized carbons (Fsp3) is 0.750. The molecular weight excluding hydrogens is 216 g/mol. The number of hydrogen-bond acceptors (Lipinski definition) is 3. The second-order valence-electron chi connectivity index (χ2n) is 5.99. The smallest absolute Gasteiger partial charge is 0.209 e. The van der Waals surface area contributed by atoms with Crippen LogP contribution in [0.5, 0.6) is 0 Å². The summed E-state index contributed by atoms with van der Waals surface area (Å²) in [5.74, 6) is 3.36. The largest absolute Gasteiger partial charge is 0.344 e. The summed E-state index contributed by atoms with van der Waals surface area (Å²) in [5, 5.41) is 8.51. The first-order valence-corrected chi connectivity index (χ1v) is 6.40. The Morgan fingerprint density at radius 2 is 1.82 bits per heavy atom. The molecule has 3 aliphatic rings. The Bertz CT molecular complexity index is 451. The van der Waals surface area contributed by atoms with Gasteiger partial charge in [-0.15, -0.1) is 10.2 Å². The third-order valence-electron chi connectivity index (χ3n) is 4.46. The van der Waals surface area contributed by atoms with Gasteiger partial charge < -0.3 is 9.88 Å². The zero-order valence-corrected chi connectivity index (χ0v) is 9.72. The maximum absolute atomic E-state index is 10.5. The minimum atomic E-state index is 0.415. The van der Waals surface area contributed by atoms with E-state index >= 15 is 0 Å². The van der Waals surface area contributed by atoms with Gasteiger partial charge in [0.15, 0.2) is 0 Å². The molecule has 2 saturated carbocycles. The quantitative estimate of drug-likeness (QED) is 0.791. The van der Waals surface area contributed by atoms with Crippen LogP contribution in [0.1, 0.15) is 49.2 Å². The number of H-pyrrole nitrogens is 1. The number of nitrogens with zero attached hydrogens (tertiary/aromatic N) is 3. The van der Waals surface area contributed by atoms with Crippen LogP contribution in [0.15, 0.2) is 0 Å². The van der Waals surface area contributed by atoms with Crippen molar-refractivity contribution in [2.24, 2.45) is 5.41 Å². The highest BCUT2D eigenvalue weighted by atomic mass is 16.1. The van der Waals surface area contributed by atoms with Gasteiger partial charge in [-0.2, -0.15) is 0 Å². The van der Waals surface area contributed by atoms with Crippen molar-refractivity contribution in [2.75, 3.05) is 13.1 Å². The zero-order chi connectivity index (χ0) is 11.5. The summed E-state index contributed by atoms with van der Waals surface area (Å²) in [7, 11) is 0. The highest BCUT2D eigenvalue weighted by molar-refractivity contribution is 5.50. The Hall–Kier alpha value is -1.39. The first-order valence-electron chi connectivity index (χ1n) is 6.40. The van der Waals surface area contributed by atoms with Crippen molar-refractivity contribution < 1.29 is 4.79 Å². The first-order chi connectivity index (χ1) is 8.28. The van der Waals surface area contributed by atoms with Crippen LogP contribution in [-0.2, 0) is 4.79 Å². The molecule has 1 aromatic rings. The summed E-state index contributed by atoms with van der Waals surface area (Å²) in [5.41, 5.74) is 0.415. The molecule has 0 bridgehead atoms. The average Bonchev–Trinajstić information content (AvgIpc) is 2.95. The summed E-state index contributed by atoms with van der Waals surface area (Å²) in [6.45, 7) is 1.88. The topological polar surface area (TPSA) is 61.9 Å². The first kappa shape index (κ1) is 9.62. The third kappa shape index (κ3) is 1.41. The second-order valence-corrected chi connectivity index (χ2v) is 5.99. The van der Waals surface area contributed by atoms with Gasteiger partial charge in [0, 0.05) is 30.3 Å². The fourth-order valence-electron chi connectivity index (χ4n) is 3.34. The molecule has 0 aromatic carbocycles. The normalized spacial score (nSPS) is 26.7. The molecule has 90 valence electrons. The van der Waals surface area contributed by atoms with E-state index in [9.17, 15) is 4.79 Å². The summed E-state index contributed by atoms with van der Waals surface area (Å²) >= 11 is 0. The molecule has 1 aromatic heterocycles. The molecule has 3 fully saturated rings. The van der Waals surface area contributed by atoms with E-state index in [1.165, 1.54) is 12.8 Å². The lowest BCUT2D eigenvalue weighted by Gasteiger charge is -2.57. The van der Waals surface area contributed by atoms with Gasteiger partial charge in [0.1, 0.15) is 11.6 Å². The van der Waals surface area contributed by atoms with Crippen LogP contribution in [0, 0.1) is 5.41 Å². The lowest BCUT2D eigenvalue weighted by atomic mass is 9.57. The van der Waals surface area contributed by atoms with Gasteiger partial charge in [-0.1, -0.05) is 0 Å². The number of carbonyl (C=O) groups is 1. The van der Waals surface area contributed by atoms with E-state index in [0.717, 1.165) is 44.0 Å². The lowest BCUT2D eigenvalue weighted by Crippen LogP contribution is -2.61. The van der Waals surface area contributed by atoms with E-state index in [4.69, 9.17) is 0 Å². The number of amides is 1. The number of aromatic nitrogens is 3. The maximum atomic E-state index is 10.5. The number of carbonyl (C=O) groups excluding carboxylic acids is 1. The molecule has 5 heteroatoms. The minimum absolute atomic E-state index is 0.415. The van der Waals surface area contributed by atoms with Crippen LogP contribution in [0.3, 0.4) is 0 Å². The Kier molecular flexibility index (Phi) is 1.75. The van der Waals surface area contributed by atoms with Crippen LogP contribution in [0.4, 0.5) is 0 Å². The summed E-state index contributed by atoms with van der Waals surface area (Å²) < 4.78 is 0. The predicted octanol–water partition coefficient (Wildman–Crippen LogP) is 1.02. The van der Waals surface area contributed by atoms with Crippen molar-refractivity contribution in [1.82, 2.24) is 20.1 Å². The Labute approximate surface area is 99.6 Å². The molecule has 17 heavy (non-hydrogen) atoms. The molecule has 1 spiro atoms. The van der Waals surface area contributed by atoms with Crippen molar-refractivity contribution in [2.45, 2.75) is 37.5 Å². The van der Waals surface area contributed by atoms with Gasteiger partial charge in [-0.05, 0) is 25.7 Å². The number of rotatable bonds is 3. The van der Waals surface area contributed by atoms with Crippen LogP contribution >= 0.6 is 0 Å². The molecule has 2 heterocycles. The van der Waals surface area contributed by atoms with E-state index < -0.39 is 0 Å². The van der Waals surface area contributed by atoms with E-state index in [0.29, 0.717) is 17.3 Å². The number of nitrogens with one attached hydrogen (secondary N) is 1. The second kappa shape index (κ2) is 3.09. The van der Waals surface area contributed by atoms with Crippen LogP contribution in [-0.4, -0.2) is 39.6 Å². The molecular formula is C12H16N4O. The molecule has 0 radical (unpaired) electrons. The molecule has 2 aliphatic carbocycles. The minimum Gasteiger partial charge on any atom is -0.344 e. The van der Waals surface area contributed by atoms with Crippen molar-refractivity contribution in [3.8, 4) is 0 Å². The third-order valence-corrected chi connectivity index (χ3v) is 4.46. The van der Waals surface area contributed by atoms with Gasteiger partial charge in [0.25, 0.3) is 0 Å². The van der Waals surface area contributed by atoms with E-state index in [-0.39, 0.29) is 0 Å². The van der Waals surface area contributed by atoms with E-state index in [1.807, 2.05) is 4.90 Å². The number of hydrogen-bond donors (Lipinski definition) is 1. The molecule has 1 amide bonds. The molecule has 0 atom stereocenters. The van der Waals surface area contributed by atoms with Gasteiger partial charge in [0.05, 0.1) is 0 Å². The standard InChI is InChI=1S/C12H16N4O/c17-7-16-5-12(6-16)3-9(4-12)11-13-10(14-15-11)8-1-2-8/h7-9H,1-6H2,(H,13,14,15). The molecule has 1 N–H and O–H groups in total. The van der Waals surface area contributed by atoms with Crippen molar-refractivity contribution in [3.05, 3.63) is 11.6 Å². The number of likely N-dealkylation sites (tertiary alicyclic amines) is 1. The zero-order valence-electron chi connectivity index (χ0n) is 9.72. The Morgan fingerprint density at radius 3 is 2.41 bits per heavy atom. The van der Waals surface area contributed by atoms with Crippen molar-refractivity contribution >= 4 is 6.41 Å². The molecule has 1 aliphatic heterocycles. The van der Waals surface area contributed by atoms with E-state index in [2.05, 4.69) is 15.2 Å². The fourth-order valence-corrected chi connectivity index (χ4v) is 3.34. The SMILES string of the molecule is O=CN1CC2(CC(c3nnc(C4CC4)[nH]3)C2)C1. The van der Waals surface area contributed by atoms with Crippen molar-refractivity contribution in [3.63, 3.8) is 0 Å². The molecule has 0 unspecified atom stereocenters. The average molecular weight is 232 g/mol. The molecule has 5 nitrogen and oxygen atoms in total. The van der Waals surface area contributed by atoms with Gasteiger partial charge in [-0.3, -0.25) is 4.79 Å². The Morgan fingerprint density at radius 1 is 1.18 bits per heavy atom. The van der Waals surface area contributed by atoms with Gasteiger partial charge in [0.2, 0.25) is 6.41 Å². The summed E-state index contributed by atoms with van der Waals surface area (Å²) in [6, 6.07) is 0. The number of aromatic amines is 1. The molecule has 4 rings (SSSR count). The highest BCUT2D eigenvalue weighted by Gasteiger charge is 2.53. The van der Waals surface area contributed by atoms with Gasteiger partial charge in [-0.25, -0.2) is 0 Å². The van der Waals surface area contributed by atoms with Crippen LogP contribution in [0.2, 0.25) is 0 Å². The summed E-state index contributed by atoms with van der Waals surface area (Å²) in [4.78, 5) is 15.8. The summed E-state index contributed by atoms with van der Waals surface area (Å²) in [6.07, 6.45) is 5.81. The maximum Gasteiger partial charge on any atom is 0.209 e. The van der Waals surface area contributed by atoms with Crippen LogP contribution in [0.25, 0.3) is 0 Å². The monoisotopic (exact) mass is 232 g/mol. The van der Waals surface area contributed by atoms with E-state index in [1.54, 1.807) is 0 Å². The van der Waals surface area contributed by atoms with Crippen molar-refractivity contribution in [1.29, 1.82) is 0 Å². The molecule has 1 saturated heterocycles.